The number of aldehydes is 1. The zero-order valence-corrected chi connectivity index (χ0v) is 22.7. The second kappa shape index (κ2) is 9.31. The second-order valence-corrected chi connectivity index (χ2v) is 11.9. The minimum Gasteiger partial charge on any atom is -0.462 e. The highest BCUT2D eigenvalue weighted by atomic mass is 16.6. The Morgan fingerprint density at radius 3 is 1.95 bits per heavy atom. The van der Waals surface area contributed by atoms with Gasteiger partial charge in [-0.05, 0) is 42.6 Å². The van der Waals surface area contributed by atoms with Crippen molar-refractivity contribution in [2.45, 2.75) is 91.6 Å². The Balaban J connectivity index is 2.10. The molecule has 4 saturated carbocycles. The summed E-state index contributed by atoms with van der Waals surface area (Å²) in [5, 5.41) is 0. The Bertz CT molecular complexity index is 1110. The molecule has 0 aliphatic heterocycles. The number of Topliss-reactive ketones (excluding diaryl/α,β-unsaturated/α-hetero) is 1. The molecule has 4 fully saturated rings. The molecule has 0 radical (unpaired) electrons. The lowest BCUT2D eigenvalue weighted by Crippen LogP contribution is -2.75. The van der Waals surface area contributed by atoms with Crippen LogP contribution in [0.25, 0.3) is 0 Å². The minimum absolute atomic E-state index is 0.0663. The van der Waals surface area contributed by atoms with E-state index in [1.54, 1.807) is 0 Å². The number of rotatable bonds is 5. The fourth-order valence-electron chi connectivity index (χ4n) is 8.44. The van der Waals surface area contributed by atoms with Crippen LogP contribution in [0, 0.1) is 34.0 Å². The SMILES string of the molecule is C=C1C(=O)[C@@]23[C@H](OC(C)=O)[C@H]1C[C@H](OC(C)=O)[C@H]2[C@@]1(C=O)[C@H](C[C@H]3OC(C)=O)C(C)(C)CC[C@H]1OC(C)=O. The van der Waals surface area contributed by atoms with E-state index in [1.807, 2.05) is 13.8 Å². The van der Waals surface area contributed by atoms with E-state index < -0.39 is 88.1 Å². The zero-order chi connectivity index (χ0) is 28.4. The lowest BCUT2D eigenvalue weighted by Gasteiger charge is -2.66. The molecule has 0 aromatic heterocycles. The van der Waals surface area contributed by atoms with Gasteiger partial charge in [-0.2, -0.15) is 0 Å². The zero-order valence-electron chi connectivity index (χ0n) is 22.7. The average molecular weight is 533 g/mol. The number of ether oxygens (including phenoxy) is 4. The summed E-state index contributed by atoms with van der Waals surface area (Å²) in [5.74, 6) is -5.38. The molecule has 4 aliphatic rings. The van der Waals surface area contributed by atoms with Crippen LogP contribution >= 0.6 is 0 Å². The van der Waals surface area contributed by atoms with E-state index in [0.29, 0.717) is 12.8 Å². The minimum atomic E-state index is -1.76. The molecule has 0 heterocycles. The van der Waals surface area contributed by atoms with Gasteiger partial charge in [0, 0.05) is 39.5 Å². The summed E-state index contributed by atoms with van der Waals surface area (Å²) in [6, 6.07) is 0. The Kier molecular flexibility index (Phi) is 6.85. The number of fused-ring (bicyclic) bond motifs is 3. The quantitative estimate of drug-likeness (QED) is 0.224. The van der Waals surface area contributed by atoms with E-state index in [4.69, 9.17) is 18.9 Å². The third kappa shape index (κ3) is 3.81. The molecule has 0 N–H and O–H groups in total. The predicted molar refractivity (Wildman–Crippen MR) is 130 cm³/mol. The van der Waals surface area contributed by atoms with Gasteiger partial charge >= 0.3 is 23.9 Å². The van der Waals surface area contributed by atoms with Crippen molar-refractivity contribution in [3.05, 3.63) is 12.2 Å². The van der Waals surface area contributed by atoms with Gasteiger partial charge in [0.2, 0.25) is 0 Å². The van der Waals surface area contributed by atoms with Crippen molar-refractivity contribution in [1.29, 1.82) is 0 Å². The van der Waals surface area contributed by atoms with Crippen molar-refractivity contribution < 1.29 is 47.7 Å². The molecule has 1 spiro atoms. The largest absolute Gasteiger partial charge is 0.462 e. The summed E-state index contributed by atoms with van der Waals surface area (Å²) < 4.78 is 23.3. The van der Waals surface area contributed by atoms with Gasteiger partial charge in [-0.1, -0.05) is 20.4 Å². The van der Waals surface area contributed by atoms with Crippen LogP contribution in [0.5, 0.6) is 0 Å². The Morgan fingerprint density at radius 2 is 1.42 bits per heavy atom. The smallest absolute Gasteiger partial charge is 0.302 e. The summed E-state index contributed by atoms with van der Waals surface area (Å²) in [4.78, 5) is 77.3. The lowest BCUT2D eigenvalue weighted by atomic mass is 9.38. The number of hydrogen-bond acceptors (Lipinski definition) is 10. The summed E-state index contributed by atoms with van der Waals surface area (Å²) in [5.41, 5.74) is -3.62. The average Bonchev–Trinajstić information content (AvgIpc) is 2.91. The summed E-state index contributed by atoms with van der Waals surface area (Å²) in [7, 11) is 0. The molecule has 208 valence electrons. The number of carbonyl (C=O) groups excluding carboxylic acids is 6. The second-order valence-electron chi connectivity index (χ2n) is 11.9. The number of esters is 4. The first-order valence-corrected chi connectivity index (χ1v) is 13.0. The molecule has 10 nitrogen and oxygen atoms in total. The summed E-state index contributed by atoms with van der Waals surface area (Å²) in [6.45, 7) is 12.9. The van der Waals surface area contributed by atoms with Crippen LogP contribution in [0.3, 0.4) is 0 Å². The molecule has 4 rings (SSSR count). The van der Waals surface area contributed by atoms with E-state index in [0.717, 1.165) is 6.29 Å². The maximum Gasteiger partial charge on any atom is 0.302 e. The Hall–Kier alpha value is -3.04. The highest BCUT2D eigenvalue weighted by Crippen LogP contribution is 2.72. The van der Waals surface area contributed by atoms with Gasteiger partial charge in [0.05, 0.1) is 5.41 Å². The van der Waals surface area contributed by atoms with Crippen molar-refractivity contribution >= 4 is 35.9 Å². The van der Waals surface area contributed by atoms with E-state index in [-0.39, 0.29) is 18.4 Å². The standard InChI is InChI=1S/C28H36O10/c1-13-18-10-19(35-14(2)30)23-27(12-29)20(26(6,7)9-8-21(27)36-15(3)31)11-22(37-16(4)32)28(23,24(13)34)25(18)38-17(5)33/h12,18-23,25H,1,8-11H2,2-7H3/t18-,19-,20+,21+,22+,23-,25+,27-,28-/m0/s1. The first-order valence-electron chi connectivity index (χ1n) is 13.0. The van der Waals surface area contributed by atoms with Crippen molar-refractivity contribution in [3.63, 3.8) is 0 Å². The normalized spacial score (nSPS) is 40.7. The topological polar surface area (TPSA) is 139 Å². The van der Waals surface area contributed by atoms with Gasteiger partial charge in [-0.3, -0.25) is 24.0 Å². The molecule has 4 aliphatic carbocycles. The van der Waals surface area contributed by atoms with Crippen LogP contribution in [-0.2, 0) is 47.7 Å². The van der Waals surface area contributed by atoms with Crippen molar-refractivity contribution in [3.8, 4) is 0 Å². The summed E-state index contributed by atoms with van der Waals surface area (Å²) >= 11 is 0. The van der Waals surface area contributed by atoms with Gasteiger partial charge in [0.1, 0.15) is 36.1 Å². The molecule has 0 aromatic carbocycles. The Morgan fingerprint density at radius 1 is 0.868 bits per heavy atom. The van der Waals surface area contributed by atoms with Crippen LogP contribution in [0.1, 0.15) is 67.2 Å². The molecule has 10 heteroatoms. The van der Waals surface area contributed by atoms with E-state index >= 15 is 0 Å². The van der Waals surface area contributed by atoms with E-state index in [2.05, 4.69) is 6.58 Å². The molecule has 0 saturated heterocycles. The number of hydrogen-bond donors (Lipinski definition) is 0. The Labute approximate surface area is 221 Å². The van der Waals surface area contributed by atoms with Gasteiger partial charge in [-0.25, -0.2) is 0 Å². The maximum absolute atomic E-state index is 14.3. The van der Waals surface area contributed by atoms with Crippen molar-refractivity contribution in [2.75, 3.05) is 0 Å². The first-order chi connectivity index (χ1) is 17.6. The molecule has 0 aromatic rings. The van der Waals surface area contributed by atoms with Crippen LogP contribution < -0.4 is 0 Å². The first kappa shape index (κ1) is 28.0. The van der Waals surface area contributed by atoms with Gasteiger partial charge in [0.15, 0.2) is 5.78 Å². The number of carbonyl (C=O) groups is 6. The third-order valence-corrected chi connectivity index (χ3v) is 9.45. The van der Waals surface area contributed by atoms with Crippen molar-refractivity contribution in [1.82, 2.24) is 0 Å². The molecule has 2 bridgehead atoms. The van der Waals surface area contributed by atoms with Gasteiger partial charge in [0.25, 0.3) is 0 Å². The van der Waals surface area contributed by atoms with E-state index in [9.17, 15) is 28.8 Å². The fraction of sp³-hybridized carbons (Fsp3) is 0.714. The van der Waals surface area contributed by atoms with Gasteiger partial charge < -0.3 is 23.7 Å². The van der Waals surface area contributed by atoms with Crippen LogP contribution in [0.4, 0.5) is 0 Å². The molecular formula is C28H36O10. The highest BCUT2D eigenvalue weighted by molar-refractivity contribution is 6.05. The van der Waals surface area contributed by atoms with Crippen molar-refractivity contribution in [2.24, 2.45) is 34.0 Å². The third-order valence-electron chi connectivity index (χ3n) is 9.45. The van der Waals surface area contributed by atoms with E-state index in [1.165, 1.54) is 27.7 Å². The van der Waals surface area contributed by atoms with Gasteiger partial charge in [-0.15, -0.1) is 0 Å². The fourth-order valence-corrected chi connectivity index (χ4v) is 8.44. The monoisotopic (exact) mass is 532 g/mol. The predicted octanol–water partition coefficient (Wildman–Crippen LogP) is 2.50. The number of ketones is 1. The summed E-state index contributed by atoms with van der Waals surface area (Å²) in [6.07, 6.45) is -2.35. The van der Waals surface area contributed by atoms with Crippen LogP contribution in [0.15, 0.2) is 12.2 Å². The molecule has 0 unspecified atom stereocenters. The molecule has 0 amide bonds. The maximum atomic E-state index is 14.3. The molecule has 9 atom stereocenters. The lowest BCUT2D eigenvalue weighted by molar-refractivity contribution is -0.276. The molecular weight excluding hydrogens is 496 g/mol. The van der Waals surface area contributed by atoms with Crippen LogP contribution in [-0.4, -0.2) is 60.4 Å². The highest BCUT2D eigenvalue weighted by Gasteiger charge is 2.81. The molecule has 38 heavy (non-hydrogen) atoms. The van der Waals surface area contributed by atoms with Crippen LogP contribution in [0.2, 0.25) is 0 Å².